The van der Waals surface area contributed by atoms with Gasteiger partial charge in [-0.2, -0.15) is 0 Å². The van der Waals surface area contributed by atoms with Crippen molar-refractivity contribution in [3.8, 4) is 5.75 Å². The molecule has 6 heteroatoms. The van der Waals surface area contributed by atoms with Gasteiger partial charge < -0.3 is 9.72 Å². The highest BCUT2D eigenvalue weighted by molar-refractivity contribution is 6.35. The minimum atomic E-state index is -0.0682. The molecule has 0 spiro atoms. The number of nitrogens with zero attached hydrogens (tertiary/aromatic N) is 1. The van der Waals surface area contributed by atoms with Crippen molar-refractivity contribution in [2.75, 3.05) is 13.1 Å². The van der Waals surface area contributed by atoms with E-state index in [2.05, 4.69) is 9.88 Å². The summed E-state index contributed by atoms with van der Waals surface area (Å²) in [7, 11) is 0. The first-order valence-corrected chi connectivity index (χ1v) is 10.2. The number of likely N-dealkylation sites (tertiary alicyclic amines) is 1. The van der Waals surface area contributed by atoms with Crippen LogP contribution in [0.25, 0.3) is 10.8 Å². The molecule has 2 heterocycles. The van der Waals surface area contributed by atoms with E-state index in [-0.39, 0.29) is 11.7 Å². The van der Waals surface area contributed by atoms with Crippen molar-refractivity contribution >= 4 is 34.0 Å². The zero-order valence-electron chi connectivity index (χ0n) is 15.7. The van der Waals surface area contributed by atoms with E-state index in [0.29, 0.717) is 15.4 Å². The Morgan fingerprint density at radius 2 is 1.89 bits per heavy atom. The maximum Gasteiger partial charge on any atom is 0.255 e. The molecule has 1 fully saturated rings. The standard InChI is InChI=1S/C22H22Cl2N2O2/c1-14-12-25-22(27)19-5-4-18(11-20(14)19)28-17-6-8-26(9-7-17)13-15-2-3-16(23)10-21(15)24/h2-5,10-12,17H,6-9,13H2,1H3,(H,25,27). The first kappa shape index (κ1) is 19.3. The number of hydrogen-bond donors (Lipinski definition) is 1. The number of fused-ring (bicyclic) bond motifs is 1. The lowest BCUT2D eigenvalue weighted by molar-refractivity contribution is 0.0969. The molecule has 0 amide bonds. The first-order valence-electron chi connectivity index (χ1n) is 9.44. The largest absolute Gasteiger partial charge is 0.490 e. The van der Waals surface area contributed by atoms with Gasteiger partial charge in [0.15, 0.2) is 0 Å². The highest BCUT2D eigenvalue weighted by atomic mass is 35.5. The van der Waals surface area contributed by atoms with Crippen molar-refractivity contribution in [3.63, 3.8) is 0 Å². The first-order chi connectivity index (χ1) is 13.5. The minimum Gasteiger partial charge on any atom is -0.490 e. The van der Waals surface area contributed by atoms with Gasteiger partial charge in [0.2, 0.25) is 0 Å². The molecule has 1 N–H and O–H groups in total. The van der Waals surface area contributed by atoms with Crippen LogP contribution in [0.5, 0.6) is 5.75 Å². The van der Waals surface area contributed by atoms with Crippen molar-refractivity contribution < 1.29 is 4.74 Å². The van der Waals surface area contributed by atoms with Crippen molar-refractivity contribution in [3.05, 3.63) is 74.1 Å². The maximum atomic E-state index is 11.9. The Labute approximate surface area is 174 Å². The van der Waals surface area contributed by atoms with E-state index in [0.717, 1.165) is 54.7 Å². The SMILES string of the molecule is Cc1c[nH]c(=O)c2ccc(OC3CCN(Cc4ccc(Cl)cc4Cl)CC3)cc12. The number of H-pyrrole nitrogens is 1. The molecule has 0 aliphatic carbocycles. The summed E-state index contributed by atoms with van der Waals surface area (Å²) in [6.45, 7) is 4.72. The zero-order chi connectivity index (χ0) is 19.7. The smallest absolute Gasteiger partial charge is 0.255 e. The second-order valence-electron chi connectivity index (χ2n) is 7.34. The lowest BCUT2D eigenvalue weighted by atomic mass is 10.1. The van der Waals surface area contributed by atoms with Crippen LogP contribution in [0.4, 0.5) is 0 Å². The van der Waals surface area contributed by atoms with Crippen LogP contribution in [0.1, 0.15) is 24.0 Å². The number of ether oxygens (including phenoxy) is 1. The topological polar surface area (TPSA) is 45.3 Å². The van der Waals surface area contributed by atoms with Gasteiger partial charge >= 0.3 is 0 Å². The molecule has 4 nitrogen and oxygen atoms in total. The summed E-state index contributed by atoms with van der Waals surface area (Å²) in [5, 5.41) is 3.01. The van der Waals surface area contributed by atoms with Gasteiger partial charge in [-0.3, -0.25) is 9.69 Å². The molecular weight excluding hydrogens is 395 g/mol. The highest BCUT2D eigenvalue weighted by Gasteiger charge is 2.21. The van der Waals surface area contributed by atoms with E-state index in [4.69, 9.17) is 27.9 Å². The Kier molecular flexibility index (Phi) is 5.63. The van der Waals surface area contributed by atoms with Crippen LogP contribution < -0.4 is 10.3 Å². The number of aromatic amines is 1. The summed E-state index contributed by atoms with van der Waals surface area (Å²) in [4.78, 5) is 17.1. The van der Waals surface area contributed by atoms with Gasteiger partial charge in [-0.25, -0.2) is 0 Å². The van der Waals surface area contributed by atoms with Crippen molar-refractivity contribution in [1.29, 1.82) is 0 Å². The third-order valence-corrected chi connectivity index (χ3v) is 5.91. The molecule has 2 aromatic carbocycles. The Morgan fingerprint density at radius 1 is 1.11 bits per heavy atom. The predicted octanol–water partition coefficient (Wildman–Crippen LogP) is 5.19. The number of benzene rings is 2. The van der Waals surface area contributed by atoms with Crippen LogP contribution in [-0.2, 0) is 6.54 Å². The van der Waals surface area contributed by atoms with Gasteiger partial charge in [0.1, 0.15) is 11.9 Å². The second-order valence-corrected chi connectivity index (χ2v) is 8.18. The number of rotatable bonds is 4. The fourth-order valence-electron chi connectivity index (χ4n) is 3.72. The van der Waals surface area contributed by atoms with E-state index in [1.54, 1.807) is 12.3 Å². The summed E-state index contributed by atoms with van der Waals surface area (Å²) in [5.74, 6) is 0.820. The van der Waals surface area contributed by atoms with Crippen LogP contribution in [0, 0.1) is 6.92 Å². The lowest BCUT2D eigenvalue weighted by Gasteiger charge is -2.32. The third kappa shape index (κ3) is 4.19. The van der Waals surface area contributed by atoms with Crippen LogP contribution in [-0.4, -0.2) is 29.1 Å². The van der Waals surface area contributed by atoms with E-state index >= 15 is 0 Å². The summed E-state index contributed by atoms with van der Waals surface area (Å²) >= 11 is 12.3. The van der Waals surface area contributed by atoms with Gasteiger partial charge in [-0.15, -0.1) is 0 Å². The molecule has 1 aliphatic rings. The summed E-state index contributed by atoms with van der Waals surface area (Å²) < 4.78 is 6.21. The van der Waals surface area contributed by atoms with Crippen LogP contribution in [0.2, 0.25) is 10.0 Å². The van der Waals surface area contributed by atoms with Gasteiger partial charge in [-0.05, 0) is 66.6 Å². The number of aryl methyl sites for hydroxylation is 1. The fourth-order valence-corrected chi connectivity index (χ4v) is 4.19. The van der Waals surface area contributed by atoms with E-state index < -0.39 is 0 Å². The molecular formula is C22H22Cl2N2O2. The summed E-state index contributed by atoms with van der Waals surface area (Å²) in [6.07, 6.45) is 3.83. The molecule has 4 rings (SSSR count). The Balaban J connectivity index is 1.38. The molecule has 0 radical (unpaired) electrons. The van der Waals surface area contributed by atoms with E-state index in [9.17, 15) is 4.79 Å². The summed E-state index contributed by atoms with van der Waals surface area (Å²) in [5.41, 5.74) is 2.07. The Bertz CT molecular complexity index is 1060. The molecule has 1 aliphatic heterocycles. The summed E-state index contributed by atoms with van der Waals surface area (Å²) in [6, 6.07) is 11.4. The average Bonchev–Trinajstić information content (AvgIpc) is 2.68. The molecule has 0 atom stereocenters. The van der Waals surface area contributed by atoms with Crippen molar-refractivity contribution in [1.82, 2.24) is 9.88 Å². The highest BCUT2D eigenvalue weighted by Crippen LogP contribution is 2.26. The Morgan fingerprint density at radius 3 is 2.64 bits per heavy atom. The molecule has 0 saturated carbocycles. The average molecular weight is 417 g/mol. The number of aromatic nitrogens is 1. The quantitative estimate of drug-likeness (QED) is 0.636. The van der Waals surface area contributed by atoms with E-state index in [1.165, 1.54) is 0 Å². The molecule has 3 aromatic rings. The number of nitrogens with one attached hydrogen (secondary N) is 1. The molecule has 0 bridgehead atoms. The minimum absolute atomic E-state index is 0.0682. The van der Waals surface area contributed by atoms with Gasteiger partial charge in [-0.1, -0.05) is 29.3 Å². The van der Waals surface area contributed by atoms with Gasteiger partial charge in [0.25, 0.3) is 5.56 Å². The molecule has 146 valence electrons. The third-order valence-electron chi connectivity index (χ3n) is 5.33. The zero-order valence-corrected chi connectivity index (χ0v) is 17.2. The van der Waals surface area contributed by atoms with Crippen LogP contribution in [0.15, 0.2) is 47.4 Å². The number of hydrogen-bond acceptors (Lipinski definition) is 3. The number of halogens is 2. The van der Waals surface area contributed by atoms with Crippen molar-refractivity contribution in [2.45, 2.75) is 32.4 Å². The van der Waals surface area contributed by atoms with Crippen LogP contribution >= 0.6 is 23.2 Å². The second kappa shape index (κ2) is 8.16. The maximum absolute atomic E-state index is 11.9. The normalized spacial score (nSPS) is 15.8. The van der Waals surface area contributed by atoms with Gasteiger partial charge in [0.05, 0.1) is 0 Å². The molecule has 1 aromatic heterocycles. The van der Waals surface area contributed by atoms with E-state index in [1.807, 2.05) is 37.3 Å². The number of piperidine rings is 1. The lowest BCUT2D eigenvalue weighted by Crippen LogP contribution is -2.37. The predicted molar refractivity (Wildman–Crippen MR) is 115 cm³/mol. The Hall–Kier alpha value is -2.01. The molecule has 1 saturated heterocycles. The van der Waals surface area contributed by atoms with Gasteiger partial charge in [0, 0.05) is 41.3 Å². The number of pyridine rings is 1. The van der Waals surface area contributed by atoms with Crippen LogP contribution in [0.3, 0.4) is 0 Å². The molecule has 28 heavy (non-hydrogen) atoms. The fraction of sp³-hybridized carbons (Fsp3) is 0.318. The monoisotopic (exact) mass is 416 g/mol. The molecule has 0 unspecified atom stereocenters. The van der Waals surface area contributed by atoms with Crippen molar-refractivity contribution in [2.24, 2.45) is 0 Å².